The average Bonchev–Trinajstić information content (AvgIpc) is 2.28. The Morgan fingerprint density at radius 1 is 1.56 bits per heavy atom. The Morgan fingerprint density at radius 2 is 2.25 bits per heavy atom. The van der Waals surface area contributed by atoms with E-state index in [1.54, 1.807) is 25.3 Å². The van der Waals surface area contributed by atoms with Crippen molar-refractivity contribution >= 4 is 17.3 Å². The summed E-state index contributed by atoms with van der Waals surface area (Å²) in [7, 11) is 1.56. The summed E-state index contributed by atoms with van der Waals surface area (Å²) in [5, 5.41) is 2.81. The standard InChI is InChI=1S/C12H18N2O2/c1-4-8(2)12(15)14-10-7-9(13)5-6-11(10)16-3/h5-8H,4,13H2,1-3H3,(H,14,15)/t8-/m1/s1. The molecule has 0 spiro atoms. The van der Waals surface area contributed by atoms with E-state index < -0.39 is 0 Å². The van der Waals surface area contributed by atoms with E-state index in [0.29, 0.717) is 17.1 Å². The van der Waals surface area contributed by atoms with Crippen LogP contribution in [0.1, 0.15) is 20.3 Å². The number of carbonyl (C=O) groups excluding carboxylic acids is 1. The van der Waals surface area contributed by atoms with Crippen molar-refractivity contribution in [2.45, 2.75) is 20.3 Å². The first-order valence-corrected chi connectivity index (χ1v) is 5.32. The van der Waals surface area contributed by atoms with Crippen molar-refractivity contribution in [1.82, 2.24) is 0 Å². The average molecular weight is 222 g/mol. The number of hydrogen-bond acceptors (Lipinski definition) is 3. The van der Waals surface area contributed by atoms with E-state index in [4.69, 9.17) is 10.5 Å². The third-order valence-corrected chi connectivity index (χ3v) is 2.54. The molecule has 88 valence electrons. The molecule has 16 heavy (non-hydrogen) atoms. The van der Waals surface area contributed by atoms with Gasteiger partial charge in [-0.3, -0.25) is 4.79 Å². The molecule has 1 amide bonds. The van der Waals surface area contributed by atoms with Gasteiger partial charge in [0.05, 0.1) is 12.8 Å². The Kier molecular flexibility index (Phi) is 4.17. The van der Waals surface area contributed by atoms with E-state index >= 15 is 0 Å². The first kappa shape index (κ1) is 12.4. The van der Waals surface area contributed by atoms with Gasteiger partial charge in [0.1, 0.15) is 5.75 Å². The second-order valence-corrected chi connectivity index (χ2v) is 3.76. The summed E-state index contributed by atoms with van der Waals surface area (Å²) in [6, 6.07) is 5.17. The lowest BCUT2D eigenvalue weighted by molar-refractivity contribution is -0.119. The number of benzene rings is 1. The lowest BCUT2D eigenvalue weighted by Crippen LogP contribution is -2.20. The lowest BCUT2D eigenvalue weighted by atomic mass is 10.1. The molecular formula is C12H18N2O2. The Morgan fingerprint density at radius 3 is 2.81 bits per heavy atom. The minimum atomic E-state index is -0.0221. The van der Waals surface area contributed by atoms with Gasteiger partial charge < -0.3 is 15.8 Å². The molecule has 0 heterocycles. The van der Waals surface area contributed by atoms with Crippen LogP contribution < -0.4 is 15.8 Å². The highest BCUT2D eigenvalue weighted by atomic mass is 16.5. The second-order valence-electron chi connectivity index (χ2n) is 3.76. The predicted molar refractivity (Wildman–Crippen MR) is 65.5 cm³/mol. The van der Waals surface area contributed by atoms with Gasteiger partial charge in [0.2, 0.25) is 5.91 Å². The lowest BCUT2D eigenvalue weighted by Gasteiger charge is -2.13. The summed E-state index contributed by atoms with van der Waals surface area (Å²) in [6.45, 7) is 3.86. The number of nitrogens with one attached hydrogen (secondary N) is 1. The maximum atomic E-state index is 11.7. The molecule has 1 rings (SSSR count). The summed E-state index contributed by atoms with van der Waals surface area (Å²) in [6.07, 6.45) is 0.802. The zero-order valence-electron chi connectivity index (χ0n) is 9.91. The third kappa shape index (κ3) is 2.89. The molecule has 0 saturated carbocycles. The molecular weight excluding hydrogens is 204 g/mol. The number of carbonyl (C=O) groups is 1. The Labute approximate surface area is 95.8 Å². The fourth-order valence-electron chi connectivity index (χ4n) is 1.26. The third-order valence-electron chi connectivity index (χ3n) is 2.54. The topological polar surface area (TPSA) is 64.4 Å². The second kappa shape index (κ2) is 5.39. The molecule has 0 fully saturated rings. The molecule has 0 aliphatic heterocycles. The Balaban J connectivity index is 2.87. The van der Waals surface area contributed by atoms with Gasteiger partial charge in [0.25, 0.3) is 0 Å². The monoisotopic (exact) mass is 222 g/mol. The van der Waals surface area contributed by atoms with Gasteiger partial charge in [-0.05, 0) is 24.6 Å². The maximum absolute atomic E-state index is 11.7. The van der Waals surface area contributed by atoms with Gasteiger partial charge in [-0.25, -0.2) is 0 Å². The van der Waals surface area contributed by atoms with Crippen LogP contribution in [-0.2, 0) is 4.79 Å². The zero-order chi connectivity index (χ0) is 12.1. The van der Waals surface area contributed by atoms with Crippen LogP contribution in [0.2, 0.25) is 0 Å². The van der Waals surface area contributed by atoms with E-state index in [2.05, 4.69) is 5.32 Å². The van der Waals surface area contributed by atoms with Crippen LogP contribution in [0.25, 0.3) is 0 Å². The number of methoxy groups -OCH3 is 1. The summed E-state index contributed by atoms with van der Waals surface area (Å²) < 4.78 is 5.14. The van der Waals surface area contributed by atoms with Crippen LogP contribution in [-0.4, -0.2) is 13.0 Å². The van der Waals surface area contributed by atoms with Crippen molar-refractivity contribution < 1.29 is 9.53 Å². The molecule has 4 heteroatoms. The van der Waals surface area contributed by atoms with Crippen LogP contribution in [0, 0.1) is 5.92 Å². The number of nitrogens with two attached hydrogens (primary N) is 1. The predicted octanol–water partition coefficient (Wildman–Crippen LogP) is 2.26. The van der Waals surface area contributed by atoms with E-state index in [1.807, 2.05) is 13.8 Å². The Bertz CT molecular complexity index is 377. The molecule has 0 aliphatic carbocycles. The minimum absolute atomic E-state index is 0.0219. The van der Waals surface area contributed by atoms with Gasteiger partial charge in [0, 0.05) is 11.6 Å². The minimum Gasteiger partial charge on any atom is -0.495 e. The number of nitrogen functional groups attached to an aromatic ring is 1. The van der Waals surface area contributed by atoms with Crippen LogP contribution in [0.4, 0.5) is 11.4 Å². The largest absolute Gasteiger partial charge is 0.495 e. The highest BCUT2D eigenvalue weighted by Gasteiger charge is 2.13. The van der Waals surface area contributed by atoms with E-state index in [-0.39, 0.29) is 11.8 Å². The molecule has 0 bridgehead atoms. The molecule has 4 nitrogen and oxygen atoms in total. The smallest absolute Gasteiger partial charge is 0.227 e. The van der Waals surface area contributed by atoms with Crippen molar-refractivity contribution in [3.8, 4) is 5.75 Å². The van der Waals surface area contributed by atoms with Crippen molar-refractivity contribution in [2.24, 2.45) is 5.92 Å². The van der Waals surface area contributed by atoms with E-state index in [1.165, 1.54) is 0 Å². The molecule has 1 atom stereocenters. The van der Waals surface area contributed by atoms with Crippen molar-refractivity contribution in [3.63, 3.8) is 0 Å². The van der Waals surface area contributed by atoms with Gasteiger partial charge >= 0.3 is 0 Å². The molecule has 0 unspecified atom stereocenters. The van der Waals surface area contributed by atoms with Gasteiger partial charge in [0.15, 0.2) is 0 Å². The molecule has 3 N–H and O–H groups in total. The van der Waals surface area contributed by atoms with Gasteiger partial charge in [-0.15, -0.1) is 0 Å². The van der Waals surface area contributed by atoms with Crippen molar-refractivity contribution in [3.05, 3.63) is 18.2 Å². The van der Waals surface area contributed by atoms with Crippen molar-refractivity contribution in [2.75, 3.05) is 18.2 Å². The van der Waals surface area contributed by atoms with E-state index in [0.717, 1.165) is 6.42 Å². The number of rotatable bonds is 4. The van der Waals surface area contributed by atoms with Gasteiger partial charge in [-0.2, -0.15) is 0 Å². The number of anilines is 2. The number of ether oxygens (including phenoxy) is 1. The van der Waals surface area contributed by atoms with E-state index in [9.17, 15) is 4.79 Å². The highest BCUT2D eigenvalue weighted by Crippen LogP contribution is 2.27. The van der Waals surface area contributed by atoms with Crippen LogP contribution in [0.3, 0.4) is 0 Å². The summed E-state index contributed by atoms with van der Waals surface area (Å²) in [5.74, 6) is 0.573. The fourth-order valence-corrected chi connectivity index (χ4v) is 1.26. The zero-order valence-corrected chi connectivity index (χ0v) is 9.91. The summed E-state index contributed by atoms with van der Waals surface area (Å²) >= 11 is 0. The molecule has 0 aromatic heterocycles. The number of hydrogen-bond donors (Lipinski definition) is 2. The SMILES string of the molecule is CC[C@@H](C)C(=O)Nc1cc(N)ccc1OC. The Hall–Kier alpha value is -1.71. The first-order chi connectivity index (χ1) is 7.58. The maximum Gasteiger partial charge on any atom is 0.227 e. The summed E-state index contributed by atoms with van der Waals surface area (Å²) in [5.41, 5.74) is 6.88. The molecule has 0 aliphatic rings. The molecule has 0 radical (unpaired) electrons. The quantitative estimate of drug-likeness (QED) is 0.768. The van der Waals surface area contributed by atoms with Gasteiger partial charge in [-0.1, -0.05) is 13.8 Å². The van der Waals surface area contributed by atoms with Crippen LogP contribution in [0.5, 0.6) is 5.75 Å². The fraction of sp³-hybridized carbons (Fsp3) is 0.417. The molecule has 1 aromatic rings. The molecule has 1 aromatic carbocycles. The van der Waals surface area contributed by atoms with Crippen LogP contribution >= 0.6 is 0 Å². The molecule has 0 saturated heterocycles. The van der Waals surface area contributed by atoms with Crippen molar-refractivity contribution in [1.29, 1.82) is 0 Å². The highest BCUT2D eigenvalue weighted by molar-refractivity contribution is 5.94. The normalized spacial score (nSPS) is 11.9. The first-order valence-electron chi connectivity index (χ1n) is 5.32. The summed E-state index contributed by atoms with van der Waals surface area (Å²) in [4.78, 5) is 11.7. The van der Waals surface area contributed by atoms with Crippen LogP contribution in [0.15, 0.2) is 18.2 Å². The number of amides is 1.